The van der Waals surface area contributed by atoms with E-state index in [-0.39, 0.29) is 17.9 Å². The first-order valence-electron chi connectivity index (χ1n) is 9.61. The summed E-state index contributed by atoms with van der Waals surface area (Å²) in [5, 5.41) is 2.91. The number of hydrogen-bond donors (Lipinski definition) is 1. The van der Waals surface area contributed by atoms with Crippen LogP contribution < -0.4 is 5.32 Å². The van der Waals surface area contributed by atoms with Gasteiger partial charge in [-0.05, 0) is 33.1 Å². The molecular weight excluding hydrogens is 336 g/mol. The van der Waals surface area contributed by atoms with Gasteiger partial charge >= 0.3 is 12.0 Å². The van der Waals surface area contributed by atoms with Gasteiger partial charge in [0.1, 0.15) is 0 Å². The summed E-state index contributed by atoms with van der Waals surface area (Å²) in [6, 6.07) is -0.0695. The van der Waals surface area contributed by atoms with Crippen LogP contribution in [0.3, 0.4) is 0 Å². The number of hydrogen-bond acceptors (Lipinski definition) is 5. The zero-order valence-electron chi connectivity index (χ0n) is 16.5. The van der Waals surface area contributed by atoms with Gasteiger partial charge in [0.2, 0.25) is 5.91 Å². The summed E-state index contributed by atoms with van der Waals surface area (Å²) in [7, 11) is 1.38. The van der Waals surface area contributed by atoms with E-state index in [1.165, 1.54) is 7.11 Å². The monoisotopic (exact) mass is 370 g/mol. The van der Waals surface area contributed by atoms with Crippen molar-refractivity contribution in [2.45, 2.75) is 39.5 Å². The Balaban J connectivity index is 2.28. The average molecular weight is 370 g/mol. The van der Waals surface area contributed by atoms with Crippen LogP contribution in [0.5, 0.6) is 0 Å². The lowest BCUT2D eigenvalue weighted by Gasteiger charge is -2.25. The van der Waals surface area contributed by atoms with Crippen LogP contribution in [-0.4, -0.2) is 92.1 Å². The van der Waals surface area contributed by atoms with Crippen molar-refractivity contribution in [2.75, 3.05) is 59.5 Å². The van der Waals surface area contributed by atoms with Crippen molar-refractivity contribution in [1.82, 2.24) is 20.0 Å². The van der Waals surface area contributed by atoms with Crippen LogP contribution in [0.4, 0.5) is 4.79 Å². The predicted octanol–water partition coefficient (Wildman–Crippen LogP) is 0.915. The number of unbranched alkanes of at least 4 members (excludes halogenated alkanes) is 1. The lowest BCUT2D eigenvalue weighted by molar-refractivity contribution is -0.140. The molecule has 0 saturated carbocycles. The maximum Gasteiger partial charge on any atom is 0.317 e. The van der Waals surface area contributed by atoms with Gasteiger partial charge in [-0.1, -0.05) is 0 Å². The summed E-state index contributed by atoms with van der Waals surface area (Å²) in [4.78, 5) is 41.3. The second kappa shape index (κ2) is 12.5. The number of rotatable bonds is 9. The smallest absolute Gasteiger partial charge is 0.317 e. The van der Waals surface area contributed by atoms with Crippen LogP contribution in [0.1, 0.15) is 39.5 Å². The Kier molecular flexibility index (Phi) is 10.7. The van der Waals surface area contributed by atoms with Crippen molar-refractivity contribution >= 4 is 17.9 Å². The zero-order chi connectivity index (χ0) is 19.4. The number of ether oxygens (including phenoxy) is 1. The highest BCUT2D eigenvalue weighted by molar-refractivity contribution is 5.78. The fraction of sp³-hybridized carbons (Fsp3) is 0.833. The fourth-order valence-electron chi connectivity index (χ4n) is 3.00. The highest BCUT2D eigenvalue weighted by Crippen LogP contribution is 2.05. The second-order valence-electron chi connectivity index (χ2n) is 6.45. The van der Waals surface area contributed by atoms with Crippen LogP contribution in [0, 0.1) is 0 Å². The van der Waals surface area contributed by atoms with Gasteiger partial charge < -0.3 is 19.9 Å². The number of methoxy groups -OCH3 is 1. The third kappa shape index (κ3) is 8.03. The molecule has 0 atom stereocenters. The van der Waals surface area contributed by atoms with Gasteiger partial charge in [0.15, 0.2) is 0 Å². The average Bonchev–Trinajstić information content (AvgIpc) is 2.87. The minimum atomic E-state index is -0.219. The SMILES string of the molecule is CCN(CC)C(=O)CN1CCCN(C(=O)NCCCCC(=O)OC)CC1. The Labute approximate surface area is 156 Å². The molecule has 0 radical (unpaired) electrons. The number of carbonyl (C=O) groups is 3. The number of carbonyl (C=O) groups excluding carboxylic acids is 3. The summed E-state index contributed by atoms with van der Waals surface area (Å²) in [5.74, 6) is -0.0679. The molecule has 8 heteroatoms. The van der Waals surface area contributed by atoms with Crippen molar-refractivity contribution in [3.8, 4) is 0 Å². The number of urea groups is 1. The Hall–Kier alpha value is -1.83. The van der Waals surface area contributed by atoms with Crippen molar-refractivity contribution in [3.05, 3.63) is 0 Å². The van der Waals surface area contributed by atoms with Crippen LogP contribution in [0.2, 0.25) is 0 Å². The predicted molar refractivity (Wildman–Crippen MR) is 99.8 cm³/mol. The molecule has 0 aromatic rings. The van der Waals surface area contributed by atoms with Gasteiger partial charge in [-0.25, -0.2) is 4.79 Å². The third-order valence-corrected chi connectivity index (χ3v) is 4.66. The number of likely N-dealkylation sites (N-methyl/N-ethyl adjacent to an activating group) is 1. The normalized spacial score (nSPS) is 15.3. The molecule has 1 fully saturated rings. The maximum absolute atomic E-state index is 12.3. The van der Waals surface area contributed by atoms with Crippen molar-refractivity contribution in [1.29, 1.82) is 0 Å². The molecule has 0 spiro atoms. The molecule has 26 heavy (non-hydrogen) atoms. The van der Waals surface area contributed by atoms with E-state index in [0.717, 1.165) is 32.5 Å². The Bertz CT molecular complexity index is 454. The van der Waals surface area contributed by atoms with E-state index in [2.05, 4.69) is 15.0 Å². The highest BCUT2D eigenvalue weighted by atomic mass is 16.5. The molecular formula is C18H34N4O4. The van der Waals surface area contributed by atoms with E-state index in [1.807, 2.05) is 23.6 Å². The molecule has 150 valence electrons. The topological polar surface area (TPSA) is 82.2 Å². The molecule has 1 aliphatic heterocycles. The Morgan fingerprint density at radius 2 is 1.77 bits per heavy atom. The summed E-state index contributed by atoms with van der Waals surface area (Å²) in [5.41, 5.74) is 0. The third-order valence-electron chi connectivity index (χ3n) is 4.66. The van der Waals surface area contributed by atoms with E-state index < -0.39 is 0 Å². The van der Waals surface area contributed by atoms with E-state index in [1.54, 1.807) is 0 Å². The molecule has 1 N–H and O–H groups in total. The Morgan fingerprint density at radius 3 is 2.42 bits per heavy atom. The molecule has 8 nitrogen and oxygen atoms in total. The van der Waals surface area contributed by atoms with Gasteiger partial charge in [-0.3, -0.25) is 14.5 Å². The molecule has 0 bridgehead atoms. The van der Waals surface area contributed by atoms with Crippen LogP contribution in [-0.2, 0) is 14.3 Å². The van der Waals surface area contributed by atoms with Gasteiger partial charge in [0.25, 0.3) is 0 Å². The molecule has 3 amide bonds. The van der Waals surface area contributed by atoms with Crippen molar-refractivity contribution in [3.63, 3.8) is 0 Å². The van der Waals surface area contributed by atoms with Crippen LogP contribution >= 0.6 is 0 Å². The van der Waals surface area contributed by atoms with Crippen LogP contribution in [0.15, 0.2) is 0 Å². The standard InChI is InChI=1S/C18H34N4O4/c1-4-21(5-2)16(23)15-20-11-8-12-22(14-13-20)18(25)19-10-7-6-9-17(24)26-3/h4-15H2,1-3H3,(H,19,25). The molecule has 0 unspecified atom stereocenters. The van der Waals surface area contributed by atoms with Crippen molar-refractivity contribution in [2.24, 2.45) is 0 Å². The minimum Gasteiger partial charge on any atom is -0.469 e. The molecule has 1 rings (SSSR count). The van der Waals surface area contributed by atoms with E-state index >= 15 is 0 Å². The largest absolute Gasteiger partial charge is 0.469 e. The van der Waals surface area contributed by atoms with Gasteiger partial charge in [-0.2, -0.15) is 0 Å². The lowest BCUT2D eigenvalue weighted by Crippen LogP contribution is -2.44. The molecule has 1 aliphatic rings. The summed E-state index contributed by atoms with van der Waals surface area (Å²) < 4.78 is 4.59. The first kappa shape index (κ1) is 22.2. The number of nitrogens with one attached hydrogen (secondary N) is 1. The summed E-state index contributed by atoms with van der Waals surface area (Å²) in [6.45, 7) is 9.27. The van der Waals surface area contributed by atoms with E-state index in [4.69, 9.17) is 0 Å². The minimum absolute atomic E-state index is 0.0695. The first-order chi connectivity index (χ1) is 12.5. The second-order valence-corrected chi connectivity index (χ2v) is 6.45. The number of esters is 1. The van der Waals surface area contributed by atoms with E-state index in [0.29, 0.717) is 45.6 Å². The zero-order valence-corrected chi connectivity index (χ0v) is 16.5. The highest BCUT2D eigenvalue weighted by Gasteiger charge is 2.21. The number of amides is 3. The van der Waals surface area contributed by atoms with Crippen LogP contribution in [0.25, 0.3) is 0 Å². The Morgan fingerprint density at radius 1 is 1.04 bits per heavy atom. The maximum atomic E-state index is 12.3. The fourth-order valence-corrected chi connectivity index (χ4v) is 3.00. The quantitative estimate of drug-likeness (QED) is 0.482. The van der Waals surface area contributed by atoms with Gasteiger partial charge in [0.05, 0.1) is 13.7 Å². The molecule has 1 heterocycles. The number of nitrogens with zero attached hydrogens (tertiary/aromatic N) is 3. The van der Waals surface area contributed by atoms with Gasteiger partial charge in [-0.15, -0.1) is 0 Å². The summed E-state index contributed by atoms with van der Waals surface area (Å²) in [6.07, 6.45) is 2.69. The van der Waals surface area contributed by atoms with Crippen molar-refractivity contribution < 1.29 is 19.1 Å². The summed E-state index contributed by atoms with van der Waals surface area (Å²) >= 11 is 0. The molecule has 0 aromatic heterocycles. The van der Waals surface area contributed by atoms with E-state index in [9.17, 15) is 14.4 Å². The van der Waals surface area contributed by atoms with Gasteiger partial charge in [0, 0.05) is 52.2 Å². The molecule has 1 saturated heterocycles. The lowest BCUT2D eigenvalue weighted by atomic mass is 10.2. The molecule has 0 aromatic carbocycles. The first-order valence-corrected chi connectivity index (χ1v) is 9.61. The molecule has 0 aliphatic carbocycles.